The second-order valence-corrected chi connectivity index (χ2v) is 7.08. The quantitative estimate of drug-likeness (QED) is 0.423. The molecule has 0 spiro atoms. The van der Waals surface area contributed by atoms with Crippen molar-refractivity contribution in [3.63, 3.8) is 0 Å². The molecule has 1 saturated heterocycles. The zero-order valence-electron chi connectivity index (χ0n) is 14.8. The van der Waals surface area contributed by atoms with Gasteiger partial charge < -0.3 is 15.5 Å². The molecule has 5 nitrogen and oxygen atoms in total. The van der Waals surface area contributed by atoms with Crippen LogP contribution in [0.5, 0.6) is 0 Å². The smallest absolute Gasteiger partial charge is 0.191 e. The molecule has 2 aromatic rings. The second-order valence-electron chi connectivity index (χ2n) is 6.21. The van der Waals surface area contributed by atoms with Gasteiger partial charge in [-0.15, -0.1) is 35.3 Å². The van der Waals surface area contributed by atoms with E-state index in [4.69, 9.17) is 5.73 Å². The number of nitrogens with two attached hydrogens (primary N) is 1. The number of hydrogen-bond donors (Lipinski definition) is 1. The van der Waals surface area contributed by atoms with E-state index in [1.807, 2.05) is 11.6 Å². The van der Waals surface area contributed by atoms with E-state index >= 15 is 0 Å². The van der Waals surface area contributed by atoms with Crippen LogP contribution in [0, 0.1) is 13.8 Å². The molecule has 1 fully saturated rings. The number of piperazine rings is 1. The highest BCUT2D eigenvalue weighted by Gasteiger charge is 2.19. The van der Waals surface area contributed by atoms with E-state index in [1.165, 1.54) is 16.7 Å². The van der Waals surface area contributed by atoms with Crippen LogP contribution in [-0.4, -0.2) is 48.6 Å². The first-order valence-electron chi connectivity index (χ1n) is 8.39. The number of benzene rings is 1. The van der Waals surface area contributed by atoms with Crippen molar-refractivity contribution in [2.24, 2.45) is 10.7 Å². The van der Waals surface area contributed by atoms with Gasteiger partial charge in [-0.2, -0.15) is 0 Å². The summed E-state index contributed by atoms with van der Waals surface area (Å²) in [4.78, 5) is 13.4. The number of aliphatic imine (C=N–C) groups is 1. The summed E-state index contributed by atoms with van der Waals surface area (Å²) in [5.74, 6) is 0.665. The lowest BCUT2D eigenvalue weighted by Crippen LogP contribution is -2.51. The highest BCUT2D eigenvalue weighted by Crippen LogP contribution is 2.18. The summed E-state index contributed by atoms with van der Waals surface area (Å²) in [6.45, 7) is 8.71. The number of halogens is 1. The molecule has 2 N–H and O–H groups in total. The van der Waals surface area contributed by atoms with E-state index in [9.17, 15) is 0 Å². The standard InChI is InChI=1S/C18H25N5S.HI/c1-14-3-4-16(15(2)13-14)5-6-20-17(19)22-8-10-23(11-9-22)18-21-7-12-24-18;/h3-4,7,12-13H,5-6,8-11H2,1-2H3,(H2,19,20);1H. The molecule has 1 aliphatic heterocycles. The largest absolute Gasteiger partial charge is 0.370 e. The van der Waals surface area contributed by atoms with Crippen LogP contribution in [0.15, 0.2) is 34.8 Å². The Morgan fingerprint density at radius 2 is 2.00 bits per heavy atom. The van der Waals surface area contributed by atoms with Crippen molar-refractivity contribution in [2.75, 3.05) is 37.6 Å². The van der Waals surface area contributed by atoms with Gasteiger partial charge in [-0.3, -0.25) is 4.99 Å². The molecule has 0 atom stereocenters. The van der Waals surface area contributed by atoms with Crippen molar-refractivity contribution in [1.82, 2.24) is 9.88 Å². The zero-order valence-corrected chi connectivity index (χ0v) is 18.0. The van der Waals surface area contributed by atoms with Gasteiger partial charge in [0.1, 0.15) is 0 Å². The number of anilines is 1. The Labute approximate surface area is 171 Å². The fraction of sp³-hybridized carbons (Fsp3) is 0.444. The van der Waals surface area contributed by atoms with E-state index in [2.05, 4.69) is 51.8 Å². The molecule has 1 aliphatic rings. The third-order valence-electron chi connectivity index (χ3n) is 4.45. The monoisotopic (exact) mass is 471 g/mol. The molecule has 1 aromatic carbocycles. The molecular formula is C18H26IN5S. The minimum absolute atomic E-state index is 0. The van der Waals surface area contributed by atoms with Gasteiger partial charge in [0, 0.05) is 44.3 Å². The van der Waals surface area contributed by atoms with Gasteiger partial charge in [0.25, 0.3) is 0 Å². The average Bonchev–Trinajstić information content (AvgIpc) is 3.11. The van der Waals surface area contributed by atoms with E-state index in [0.29, 0.717) is 5.96 Å². The number of hydrogen-bond acceptors (Lipinski definition) is 4. The Morgan fingerprint density at radius 3 is 2.64 bits per heavy atom. The van der Waals surface area contributed by atoms with Crippen molar-refractivity contribution in [3.8, 4) is 0 Å². The lowest BCUT2D eigenvalue weighted by molar-refractivity contribution is 0.380. The SMILES string of the molecule is Cc1ccc(CCN=C(N)N2CCN(c3nccs3)CC2)c(C)c1.I. The maximum atomic E-state index is 6.18. The maximum Gasteiger partial charge on any atom is 0.191 e. The van der Waals surface area contributed by atoms with Crippen LogP contribution < -0.4 is 10.6 Å². The molecule has 1 aromatic heterocycles. The van der Waals surface area contributed by atoms with E-state index in [-0.39, 0.29) is 24.0 Å². The maximum absolute atomic E-state index is 6.18. The second kappa shape index (κ2) is 9.38. The lowest BCUT2D eigenvalue weighted by atomic mass is 10.0. The highest BCUT2D eigenvalue weighted by atomic mass is 127. The lowest BCUT2D eigenvalue weighted by Gasteiger charge is -2.35. The Balaban J connectivity index is 0.00000225. The number of rotatable bonds is 4. The van der Waals surface area contributed by atoms with Crippen LogP contribution >= 0.6 is 35.3 Å². The minimum atomic E-state index is 0. The number of thiazole rings is 1. The minimum Gasteiger partial charge on any atom is -0.370 e. The molecule has 7 heteroatoms. The molecule has 0 saturated carbocycles. The first-order valence-corrected chi connectivity index (χ1v) is 9.27. The van der Waals surface area contributed by atoms with Crippen molar-refractivity contribution in [2.45, 2.75) is 20.3 Å². The van der Waals surface area contributed by atoms with Gasteiger partial charge in [-0.05, 0) is 31.4 Å². The third kappa shape index (κ3) is 5.31. The Hall–Kier alpha value is -1.35. The molecule has 0 aliphatic carbocycles. The van der Waals surface area contributed by atoms with Crippen molar-refractivity contribution in [1.29, 1.82) is 0 Å². The molecule has 3 rings (SSSR count). The highest BCUT2D eigenvalue weighted by molar-refractivity contribution is 14.0. The molecule has 136 valence electrons. The topological polar surface area (TPSA) is 57.8 Å². The zero-order chi connectivity index (χ0) is 16.9. The Bertz CT molecular complexity index is 693. The van der Waals surface area contributed by atoms with Gasteiger partial charge >= 0.3 is 0 Å². The summed E-state index contributed by atoms with van der Waals surface area (Å²) < 4.78 is 0. The average molecular weight is 471 g/mol. The number of aryl methyl sites for hydroxylation is 2. The first kappa shape index (κ1) is 20.0. The van der Waals surface area contributed by atoms with Gasteiger partial charge in [0.2, 0.25) is 0 Å². The van der Waals surface area contributed by atoms with E-state index in [0.717, 1.165) is 44.3 Å². The van der Waals surface area contributed by atoms with Crippen LogP contribution in [0.25, 0.3) is 0 Å². The van der Waals surface area contributed by atoms with E-state index < -0.39 is 0 Å². The molecule has 0 bridgehead atoms. The van der Waals surface area contributed by atoms with Crippen molar-refractivity contribution >= 4 is 46.4 Å². The first-order chi connectivity index (χ1) is 11.6. The van der Waals surface area contributed by atoms with Crippen molar-refractivity contribution < 1.29 is 0 Å². The summed E-state index contributed by atoms with van der Waals surface area (Å²) >= 11 is 1.69. The van der Waals surface area contributed by atoms with Gasteiger partial charge in [-0.25, -0.2) is 4.98 Å². The molecule has 0 amide bonds. The van der Waals surface area contributed by atoms with Crippen LogP contribution in [0.4, 0.5) is 5.13 Å². The van der Waals surface area contributed by atoms with Gasteiger partial charge in [-0.1, -0.05) is 23.8 Å². The molecule has 0 unspecified atom stereocenters. The predicted octanol–water partition coefficient (Wildman–Crippen LogP) is 3.06. The van der Waals surface area contributed by atoms with Crippen molar-refractivity contribution in [3.05, 3.63) is 46.5 Å². The summed E-state index contributed by atoms with van der Waals surface area (Å²) in [7, 11) is 0. The summed E-state index contributed by atoms with van der Waals surface area (Å²) in [5.41, 5.74) is 10.2. The van der Waals surface area contributed by atoms with Gasteiger partial charge in [0.15, 0.2) is 11.1 Å². The Morgan fingerprint density at radius 1 is 1.24 bits per heavy atom. The fourth-order valence-corrected chi connectivity index (χ4v) is 3.71. The fourth-order valence-electron chi connectivity index (χ4n) is 3.02. The number of guanidine groups is 1. The Kier molecular flexibility index (Phi) is 7.49. The summed E-state index contributed by atoms with van der Waals surface area (Å²) in [5, 5.41) is 3.12. The van der Waals surface area contributed by atoms with Gasteiger partial charge in [0.05, 0.1) is 0 Å². The molecule has 2 heterocycles. The summed E-state index contributed by atoms with van der Waals surface area (Å²) in [6.07, 6.45) is 2.79. The van der Waals surface area contributed by atoms with Crippen LogP contribution in [0.3, 0.4) is 0 Å². The normalized spacial score (nSPS) is 15.2. The predicted molar refractivity (Wildman–Crippen MR) is 117 cm³/mol. The third-order valence-corrected chi connectivity index (χ3v) is 5.28. The van der Waals surface area contributed by atoms with Crippen LogP contribution in [-0.2, 0) is 6.42 Å². The molecule has 0 radical (unpaired) electrons. The summed E-state index contributed by atoms with van der Waals surface area (Å²) in [6, 6.07) is 6.58. The number of aromatic nitrogens is 1. The molecular weight excluding hydrogens is 445 g/mol. The van der Waals surface area contributed by atoms with E-state index in [1.54, 1.807) is 11.3 Å². The van der Waals surface area contributed by atoms with Crippen LogP contribution in [0.2, 0.25) is 0 Å². The van der Waals surface area contributed by atoms with Crippen LogP contribution in [0.1, 0.15) is 16.7 Å². The molecule has 25 heavy (non-hydrogen) atoms. The number of nitrogens with zero attached hydrogens (tertiary/aromatic N) is 4.